The van der Waals surface area contributed by atoms with E-state index in [9.17, 15) is 0 Å². The van der Waals surface area contributed by atoms with E-state index < -0.39 is 0 Å². The maximum absolute atomic E-state index is 4.50. The Morgan fingerprint density at radius 3 is 0.923 bits per heavy atom. The monoisotopic (exact) mass is 193 g/mol. The van der Waals surface area contributed by atoms with Crippen LogP contribution in [0.2, 0.25) is 0 Å². The summed E-state index contributed by atoms with van der Waals surface area (Å²) in [7, 11) is 4.50. The highest BCUT2D eigenvalue weighted by Gasteiger charge is 1.80. The van der Waals surface area contributed by atoms with Crippen molar-refractivity contribution in [3.05, 3.63) is 0 Å². The van der Waals surface area contributed by atoms with Crippen LogP contribution in [0, 0.1) is 0 Å². The molecule has 0 saturated heterocycles. The minimum atomic E-state index is 1.36. The summed E-state index contributed by atoms with van der Waals surface area (Å²) in [6.07, 6.45) is 7.01. The smallest absolute Gasteiger partial charge is 0.0195 e. The molecule has 0 radical (unpaired) electrons. The van der Waals surface area contributed by atoms with Gasteiger partial charge < -0.3 is 17.2 Å². The fourth-order valence-electron chi connectivity index (χ4n) is 0.677. The largest absolute Gasteiger partial charge is 0.333 e. The summed E-state index contributed by atoms with van der Waals surface area (Å²) in [5.74, 6) is 0. The Morgan fingerprint density at radius 1 is 0.538 bits per heavy atom. The molecule has 0 aromatic heterocycles. The first-order chi connectivity index (χ1) is 6.41. The Morgan fingerprint density at radius 2 is 0.769 bits per heavy atom. The number of rotatable bonds is 4. The zero-order valence-electron chi connectivity index (χ0n) is 10.3. The second-order valence-electron chi connectivity index (χ2n) is 2.06. The van der Waals surface area contributed by atoms with E-state index in [1.54, 1.807) is 0 Å². The van der Waals surface area contributed by atoms with E-state index in [0.29, 0.717) is 0 Å². The molecule has 0 fully saturated rings. The minimum Gasteiger partial charge on any atom is -0.333 e. The van der Waals surface area contributed by atoms with Crippen molar-refractivity contribution in [2.24, 2.45) is 17.2 Å². The first-order valence-corrected chi connectivity index (χ1v) is 5.15. The van der Waals surface area contributed by atoms with Crippen LogP contribution in [0.25, 0.3) is 0 Å². The molecular weight excluding hydrogens is 162 g/mol. The van der Waals surface area contributed by atoms with Gasteiger partial charge in [-0.1, -0.05) is 46.0 Å². The van der Waals surface area contributed by atoms with Gasteiger partial charge in [0.25, 0.3) is 0 Å². The zero-order valence-corrected chi connectivity index (χ0v) is 10.3. The van der Waals surface area contributed by atoms with Crippen LogP contribution < -0.4 is 17.2 Å². The van der Waals surface area contributed by atoms with Gasteiger partial charge in [-0.3, -0.25) is 0 Å². The second-order valence-corrected chi connectivity index (χ2v) is 2.06. The van der Waals surface area contributed by atoms with Crippen LogP contribution in [0.1, 0.15) is 46.0 Å². The SMILES string of the molecule is CCCCCCC.CN.CN.CN. The molecule has 3 heteroatoms. The van der Waals surface area contributed by atoms with Crippen molar-refractivity contribution in [2.75, 3.05) is 21.1 Å². The van der Waals surface area contributed by atoms with Gasteiger partial charge in [-0.2, -0.15) is 0 Å². The van der Waals surface area contributed by atoms with E-state index in [-0.39, 0.29) is 0 Å². The van der Waals surface area contributed by atoms with E-state index in [2.05, 4.69) is 31.0 Å². The van der Waals surface area contributed by atoms with Gasteiger partial charge >= 0.3 is 0 Å². The normalized spacial score (nSPS) is 6.46. The van der Waals surface area contributed by atoms with Gasteiger partial charge in [-0.05, 0) is 21.1 Å². The predicted molar refractivity (Wildman–Crippen MR) is 64.8 cm³/mol. The van der Waals surface area contributed by atoms with E-state index in [4.69, 9.17) is 0 Å². The van der Waals surface area contributed by atoms with Crippen LogP contribution in [0.5, 0.6) is 0 Å². The highest BCUT2D eigenvalue weighted by atomic mass is 14.4. The lowest BCUT2D eigenvalue weighted by Crippen LogP contribution is -1.70. The summed E-state index contributed by atoms with van der Waals surface area (Å²) in [5.41, 5.74) is 13.5. The Hall–Kier alpha value is -0.120. The molecule has 6 N–H and O–H groups in total. The molecule has 0 bridgehead atoms. The van der Waals surface area contributed by atoms with Crippen molar-refractivity contribution < 1.29 is 0 Å². The van der Waals surface area contributed by atoms with Gasteiger partial charge in [-0.15, -0.1) is 0 Å². The third-order valence-electron chi connectivity index (χ3n) is 1.21. The summed E-state index contributed by atoms with van der Waals surface area (Å²) in [5, 5.41) is 0. The van der Waals surface area contributed by atoms with Gasteiger partial charge in [0.05, 0.1) is 0 Å². The Bertz CT molecular complexity index is 29.4. The average molecular weight is 193 g/mol. The third-order valence-corrected chi connectivity index (χ3v) is 1.21. The Kier molecular flexibility index (Phi) is 105. The molecule has 0 rings (SSSR count). The van der Waals surface area contributed by atoms with Crippen molar-refractivity contribution in [3.8, 4) is 0 Å². The molecule has 0 aliphatic rings. The molecule has 13 heavy (non-hydrogen) atoms. The van der Waals surface area contributed by atoms with Gasteiger partial charge in [0, 0.05) is 0 Å². The Balaban J connectivity index is -0.0000000573. The molecule has 3 nitrogen and oxygen atoms in total. The first kappa shape index (κ1) is 23.1. The summed E-state index contributed by atoms with van der Waals surface area (Å²) in [6.45, 7) is 4.49. The molecule has 0 amide bonds. The standard InChI is InChI=1S/C7H16.3CH5N/c1-3-5-7-6-4-2;3*1-2/h3-7H2,1-2H3;3*2H2,1H3. The zero-order chi connectivity index (χ0) is 11.5. The van der Waals surface area contributed by atoms with Crippen LogP contribution in [-0.2, 0) is 0 Å². The number of nitrogens with two attached hydrogens (primary N) is 3. The predicted octanol–water partition coefficient (Wildman–Crippen LogP) is 1.70. The maximum atomic E-state index is 4.50. The highest BCUT2D eigenvalue weighted by Crippen LogP contribution is 2.00. The van der Waals surface area contributed by atoms with E-state index >= 15 is 0 Å². The molecule has 0 aliphatic carbocycles. The molecule has 0 atom stereocenters. The third kappa shape index (κ3) is 77.0. The second kappa shape index (κ2) is 59.1. The summed E-state index contributed by atoms with van der Waals surface area (Å²) >= 11 is 0. The van der Waals surface area contributed by atoms with Crippen LogP contribution in [-0.4, -0.2) is 21.1 Å². The number of hydrogen-bond acceptors (Lipinski definition) is 3. The molecule has 0 aromatic rings. The molecule has 0 unspecified atom stereocenters. The van der Waals surface area contributed by atoms with E-state index in [1.165, 1.54) is 53.2 Å². The van der Waals surface area contributed by atoms with Crippen molar-refractivity contribution in [2.45, 2.75) is 46.0 Å². The van der Waals surface area contributed by atoms with Gasteiger partial charge in [0.15, 0.2) is 0 Å². The molecule has 86 valence electrons. The van der Waals surface area contributed by atoms with Crippen LogP contribution in [0.15, 0.2) is 0 Å². The molecular formula is C10H31N3. The number of unbranched alkanes of at least 4 members (excludes halogenated alkanes) is 4. The molecule has 0 heterocycles. The Labute approximate surface area is 85.1 Å². The van der Waals surface area contributed by atoms with Crippen molar-refractivity contribution in [1.29, 1.82) is 0 Å². The van der Waals surface area contributed by atoms with E-state index in [1.807, 2.05) is 0 Å². The summed E-state index contributed by atoms with van der Waals surface area (Å²) in [6, 6.07) is 0. The summed E-state index contributed by atoms with van der Waals surface area (Å²) < 4.78 is 0. The van der Waals surface area contributed by atoms with Crippen LogP contribution in [0.4, 0.5) is 0 Å². The van der Waals surface area contributed by atoms with Gasteiger partial charge in [0.1, 0.15) is 0 Å². The molecule has 0 aliphatic heterocycles. The summed E-state index contributed by atoms with van der Waals surface area (Å²) in [4.78, 5) is 0. The minimum absolute atomic E-state index is 1.36. The van der Waals surface area contributed by atoms with E-state index in [0.717, 1.165) is 0 Å². The fourth-order valence-corrected chi connectivity index (χ4v) is 0.677. The average Bonchev–Trinajstić information content (AvgIpc) is 2.27. The van der Waals surface area contributed by atoms with Crippen molar-refractivity contribution in [1.82, 2.24) is 0 Å². The first-order valence-electron chi connectivity index (χ1n) is 5.15. The highest BCUT2D eigenvalue weighted by molar-refractivity contribution is 4.35. The fraction of sp³-hybridized carbons (Fsp3) is 1.00. The van der Waals surface area contributed by atoms with Crippen LogP contribution >= 0.6 is 0 Å². The van der Waals surface area contributed by atoms with Crippen molar-refractivity contribution >= 4 is 0 Å². The van der Waals surface area contributed by atoms with Gasteiger partial charge in [-0.25, -0.2) is 0 Å². The molecule has 0 saturated carbocycles. The van der Waals surface area contributed by atoms with Crippen LogP contribution in [0.3, 0.4) is 0 Å². The topological polar surface area (TPSA) is 78.1 Å². The van der Waals surface area contributed by atoms with Gasteiger partial charge in [0.2, 0.25) is 0 Å². The lowest BCUT2D eigenvalue weighted by molar-refractivity contribution is 0.656. The molecule has 0 aromatic carbocycles. The quantitative estimate of drug-likeness (QED) is 0.595. The molecule has 0 spiro atoms. The lowest BCUT2D eigenvalue weighted by atomic mass is 10.2. The maximum Gasteiger partial charge on any atom is -0.0195 e. The lowest BCUT2D eigenvalue weighted by Gasteiger charge is -1.90. The van der Waals surface area contributed by atoms with Crippen molar-refractivity contribution in [3.63, 3.8) is 0 Å². The number of hydrogen-bond donors (Lipinski definition) is 3.